The Kier molecular flexibility index (Phi) is 7.24. The van der Waals surface area contributed by atoms with Crippen LogP contribution in [0.4, 0.5) is 0 Å². The molecule has 5 heteroatoms. The molecule has 172 valence electrons. The molecule has 3 aromatic rings. The third kappa shape index (κ3) is 4.95. The summed E-state index contributed by atoms with van der Waals surface area (Å²) >= 11 is 14.0. The summed E-state index contributed by atoms with van der Waals surface area (Å²) in [5, 5.41) is 2.09. The molecule has 0 bridgehead atoms. The quantitative estimate of drug-likeness (QED) is 0.354. The normalized spacial score (nSPS) is 12.3. The lowest BCUT2D eigenvalue weighted by Crippen LogP contribution is -2.17. The zero-order chi connectivity index (χ0) is 23.8. The van der Waals surface area contributed by atoms with Crippen molar-refractivity contribution in [1.82, 2.24) is 0 Å². The van der Waals surface area contributed by atoms with Crippen LogP contribution in [0.15, 0.2) is 41.8 Å². The highest BCUT2D eigenvalue weighted by molar-refractivity contribution is 7.10. The van der Waals surface area contributed by atoms with Gasteiger partial charge in [0.05, 0.1) is 5.92 Å². The van der Waals surface area contributed by atoms with Crippen molar-refractivity contribution in [2.24, 2.45) is 0 Å². The summed E-state index contributed by atoms with van der Waals surface area (Å²) in [5.41, 5.74) is 6.18. The van der Waals surface area contributed by atoms with E-state index in [4.69, 9.17) is 32.3 Å². The highest BCUT2D eigenvalue weighted by Crippen LogP contribution is 2.49. The molecule has 0 N–H and O–H groups in total. The van der Waals surface area contributed by atoms with Crippen molar-refractivity contribution in [2.45, 2.75) is 72.1 Å². The molecule has 0 aliphatic carbocycles. The minimum absolute atomic E-state index is 0.139. The molecule has 0 radical (unpaired) electrons. The lowest BCUT2D eigenvalue weighted by molar-refractivity contribution is 0.523. The third-order valence-electron chi connectivity index (χ3n) is 5.74. The lowest BCUT2D eigenvalue weighted by Gasteiger charge is -2.29. The number of rotatable bonds is 5. The van der Waals surface area contributed by atoms with Crippen molar-refractivity contribution in [3.05, 3.63) is 80.0 Å². The molecule has 1 aromatic heterocycles. The van der Waals surface area contributed by atoms with E-state index in [2.05, 4.69) is 97.2 Å². The highest BCUT2D eigenvalue weighted by atomic mass is 35.5. The van der Waals surface area contributed by atoms with Crippen LogP contribution in [0, 0.1) is 13.8 Å². The predicted octanol–water partition coefficient (Wildman–Crippen LogP) is 9.21. The van der Waals surface area contributed by atoms with Gasteiger partial charge in [0.15, 0.2) is 11.5 Å². The van der Waals surface area contributed by atoms with Gasteiger partial charge >= 0.3 is 0 Å². The average Bonchev–Trinajstić information content (AvgIpc) is 3.20. The van der Waals surface area contributed by atoms with Gasteiger partial charge in [-0.3, -0.25) is 0 Å². The Balaban J connectivity index is 2.44. The lowest BCUT2D eigenvalue weighted by atomic mass is 9.78. The van der Waals surface area contributed by atoms with E-state index in [-0.39, 0.29) is 16.7 Å². The summed E-state index contributed by atoms with van der Waals surface area (Å²) < 4.78 is 11.1. The van der Waals surface area contributed by atoms with Crippen LogP contribution < -0.4 is 8.58 Å². The van der Waals surface area contributed by atoms with Gasteiger partial charge in [0.25, 0.3) is 0 Å². The Hall–Kier alpha value is -1.68. The average molecular weight is 492 g/mol. The van der Waals surface area contributed by atoms with E-state index in [1.54, 1.807) is 11.3 Å². The molecule has 2 aromatic carbocycles. The van der Waals surface area contributed by atoms with Gasteiger partial charge in [-0.2, -0.15) is 0 Å². The minimum atomic E-state index is -0.139. The molecule has 0 saturated heterocycles. The molecule has 32 heavy (non-hydrogen) atoms. The van der Waals surface area contributed by atoms with Gasteiger partial charge in [-0.25, -0.2) is 0 Å². The molecule has 0 amide bonds. The first-order valence-corrected chi connectivity index (χ1v) is 12.3. The van der Waals surface area contributed by atoms with Crippen LogP contribution in [0.25, 0.3) is 0 Å². The summed E-state index contributed by atoms with van der Waals surface area (Å²) in [6.07, 6.45) is 0. The Bertz CT molecular complexity index is 1020. The number of halogens is 2. The Labute approximate surface area is 206 Å². The van der Waals surface area contributed by atoms with Gasteiger partial charge in [0.2, 0.25) is 0 Å². The van der Waals surface area contributed by atoms with Gasteiger partial charge in [0.1, 0.15) is 23.7 Å². The van der Waals surface area contributed by atoms with Crippen molar-refractivity contribution in [2.75, 3.05) is 0 Å². The molecular formula is C27H32Cl2O2S. The van der Waals surface area contributed by atoms with Crippen LogP contribution in [-0.4, -0.2) is 0 Å². The van der Waals surface area contributed by atoms with E-state index in [0.29, 0.717) is 11.5 Å². The third-order valence-corrected chi connectivity index (χ3v) is 6.99. The second-order valence-electron chi connectivity index (χ2n) is 10.6. The fourth-order valence-electron chi connectivity index (χ4n) is 4.25. The molecule has 0 fully saturated rings. The second-order valence-corrected chi connectivity index (χ2v) is 11.9. The standard InChI is InChI=1S/C27H32Cl2O2S/c1-16-12-18(24(30-28)20(14-16)26(3,4)5)23(22-10-9-11-32-22)19-13-17(2)15-21(25(19)31-29)27(6,7)8/h9-15,23H,1-8H3. The fraction of sp³-hybridized carbons (Fsp3) is 0.407. The molecule has 2 nitrogen and oxygen atoms in total. The Morgan fingerprint density at radius 1 is 0.750 bits per heavy atom. The summed E-state index contributed by atoms with van der Waals surface area (Å²) in [5.74, 6) is 1.25. The molecule has 1 heterocycles. The first-order valence-electron chi connectivity index (χ1n) is 10.8. The maximum absolute atomic E-state index is 6.14. The van der Waals surface area contributed by atoms with E-state index in [1.165, 1.54) is 4.88 Å². The molecule has 0 atom stereocenters. The molecule has 3 rings (SSSR count). The minimum Gasteiger partial charge on any atom is -0.385 e. The largest absolute Gasteiger partial charge is 0.385 e. The van der Waals surface area contributed by atoms with Crippen LogP contribution in [0.2, 0.25) is 0 Å². The van der Waals surface area contributed by atoms with E-state index in [1.807, 2.05) is 0 Å². The molecule has 0 saturated carbocycles. The zero-order valence-electron chi connectivity index (χ0n) is 20.1. The van der Waals surface area contributed by atoms with Crippen molar-refractivity contribution < 1.29 is 8.58 Å². The van der Waals surface area contributed by atoms with Gasteiger partial charge in [-0.1, -0.05) is 83.0 Å². The number of thiophene rings is 1. The van der Waals surface area contributed by atoms with Gasteiger partial charge in [-0.05, 0) is 36.1 Å². The van der Waals surface area contributed by atoms with E-state index >= 15 is 0 Å². The van der Waals surface area contributed by atoms with Crippen molar-refractivity contribution in [1.29, 1.82) is 0 Å². The Morgan fingerprint density at radius 2 is 1.19 bits per heavy atom. The Morgan fingerprint density at radius 3 is 1.50 bits per heavy atom. The number of aryl methyl sites for hydroxylation is 2. The van der Waals surface area contributed by atoms with Crippen LogP contribution >= 0.6 is 35.1 Å². The van der Waals surface area contributed by atoms with Crippen LogP contribution in [0.1, 0.15) is 85.7 Å². The summed E-state index contributed by atoms with van der Waals surface area (Å²) in [6.45, 7) is 17.2. The smallest absolute Gasteiger partial charge is 0.154 e. The van der Waals surface area contributed by atoms with Crippen molar-refractivity contribution >= 4 is 35.1 Å². The predicted molar refractivity (Wildman–Crippen MR) is 138 cm³/mol. The molecule has 0 aliphatic heterocycles. The summed E-state index contributed by atoms with van der Waals surface area (Å²) in [7, 11) is 0. The maximum atomic E-state index is 6.14. The number of benzene rings is 2. The molecule has 0 aliphatic rings. The van der Waals surface area contributed by atoms with Crippen molar-refractivity contribution in [3.8, 4) is 11.5 Å². The second kappa shape index (κ2) is 9.29. The SMILES string of the molecule is Cc1cc(C(c2cccs2)c2cc(C)cc(C(C)(C)C)c2OCl)c(OCl)c(C(C)(C)C)c1. The van der Waals surface area contributed by atoms with E-state index < -0.39 is 0 Å². The first kappa shape index (κ1) is 25.0. The monoisotopic (exact) mass is 490 g/mol. The van der Waals surface area contributed by atoms with Crippen LogP contribution in [0.5, 0.6) is 11.5 Å². The zero-order valence-corrected chi connectivity index (χ0v) is 22.4. The van der Waals surface area contributed by atoms with Gasteiger partial charge < -0.3 is 8.58 Å². The summed E-state index contributed by atoms with van der Waals surface area (Å²) in [6, 6.07) is 12.8. The maximum Gasteiger partial charge on any atom is 0.154 e. The van der Waals surface area contributed by atoms with Crippen LogP contribution in [-0.2, 0) is 10.8 Å². The van der Waals surface area contributed by atoms with Gasteiger partial charge in [-0.15, -0.1) is 11.3 Å². The van der Waals surface area contributed by atoms with E-state index in [0.717, 1.165) is 33.4 Å². The molecule has 0 unspecified atom stereocenters. The fourth-order valence-corrected chi connectivity index (χ4v) is 5.45. The molecule has 0 spiro atoms. The van der Waals surface area contributed by atoms with E-state index in [9.17, 15) is 0 Å². The molecular weight excluding hydrogens is 459 g/mol. The van der Waals surface area contributed by atoms with Crippen molar-refractivity contribution in [3.63, 3.8) is 0 Å². The first-order chi connectivity index (χ1) is 14.9. The van der Waals surface area contributed by atoms with Gasteiger partial charge in [0, 0.05) is 27.1 Å². The summed E-state index contributed by atoms with van der Waals surface area (Å²) in [4.78, 5) is 1.17. The number of hydrogen-bond donors (Lipinski definition) is 0. The number of hydrogen-bond acceptors (Lipinski definition) is 3. The highest BCUT2D eigenvalue weighted by Gasteiger charge is 2.32. The topological polar surface area (TPSA) is 18.5 Å². The van der Waals surface area contributed by atoms with Crippen LogP contribution in [0.3, 0.4) is 0 Å².